The number of aryl methyl sites for hydroxylation is 1. The van der Waals surface area contributed by atoms with E-state index in [2.05, 4.69) is 12.1 Å². The number of benzene rings is 2. The van der Waals surface area contributed by atoms with Crippen molar-refractivity contribution in [2.45, 2.75) is 32.1 Å². The molecule has 1 aliphatic rings. The van der Waals surface area contributed by atoms with Gasteiger partial charge in [0.1, 0.15) is 0 Å². The molecule has 1 unspecified atom stereocenters. The first-order valence-corrected chi connectivity index (χ1v) is 10.3. The molecule has 0 aliphatic carbocycles. The lowest BCUT2D eigenvalue weighted by molar-refractivity contribution is 0.412. The molecule has 2 aromatic rings. The van der Waals surface area contributed by atoms with Crippen LogP contribution >= 0.6 is 0 Å². The summed E-state index contributed by atoms with van der Waals surface area (Å²) in [5.41, 5.74) is 3.30. The number of hydrogen-bond acceptors (Lipinski definition) is 2. The van der Waals surface area contributed by atoms with E-state index < -0.39 is 10.0 Å². The molecule has 1 aliphatic heterocycles. The number of hydrogen-bond donors (Lipinski definition) is 0. The van der Waals surface area contributed by atoms with Crippen LogP contribution in [0.4, 0.5) is 0 Å². The zero-order valence-electron chi connectivity index (χ0n) is 14.6. The zero-order valence-corrected chi connectivity index (χ0v) is 15.5. The summed E-state index contributed by atoms with van der Waals surface area (Å²) >= 11 is 0. The number of sulfonamides is 1. The van der Waals surface area contributed by atoms with Gasteiger partial charge in [0.25, 0.3) is 0 Å². The van der Waals surface area contributed by atoms with E-state index in [1.54, 1.807) is 10.4 Å². The Morgan fingerprint density at radius 1 is 1.00 bits per heavy atom. The van der Waals surface area contributed by atoms with Gasteiger partial charge in [0.05, 0.1) is 0 Å². The van der Waals surface area contributed by atoms with Gasteiger partial charge in [-0.05, 0) is 42.9 Å². The highest BCUT2D eigenvalue weighted by molar-refractivity contribution is 7.92. The van der Waals surface area contributed by atoms with Gasteiger partial charge in [-0.1, -0.05) is 66.6 Å². The van der Waals surface area contributed by atoms with Crippen molar-refractivity contribution in [1.29, 1.82) is 0 Å². The molecule has 4 heteroatoms. The lowest BCUT2D eigenvalue weighted by Crippen LogP contribution is -2.32. The molecule has 3 rings (SSSR count). The van der Waals surface area contributed by atoms with Crippen LogP contribution in [0.25, 0.3) is 6.08 Å². The molecule has 1 atom stereocenters. The van der Waals surface area contributed by atoms with Crippen LogP contribution in [0.5, 0.6) is 0 Å². The first-order valence-electron chi connectivity index (χ1n) is 8.84. The highest BCUT2D eigenvalue weighted by Crippen LogP contribution is 2.28. The van der Waals surface area contributed by atoms with Gasteiger partial charge in [0.15, 0.2) is 0 Å². The Labute approximate surface area is 151 Å². The number of rotatable bonds is 4. The summed E-state index contributed by atoms with van der Waals surface area (Å²) in [6, 6.07) is 18.1. The highest BCUT2D eigenvalue weighted by atomic mass is 32.2. The average molecular weight is 356 g/mol. The van der Waals surface area contributed by atoms with Crippen molar-refractivity contribution in [3.8, 4) is 0 Å². The van der Waals surface area contributed by atoms with Gasteiger partial charge < -0.3 is 0 Å². The Hall–Kier alpha value is -1.91. The van der Waals surface area contributed by atoms with E-state index in [1.807, 2.05) is 49.4 Å². The van der Waals surface area contributed by atoms with Crippen LogP contribution in [0, 0.1) is 6.92 Å². The molecule has 0 spiro atoms. The summed E-state index contributed by atoms with van der Waals surface area (Å²) in [6.07, 6.45) is 4.71. The fourth-order valence-corrected chi connectivity index (χ4v) is 4.54. The normalized spacial score (nSPS) is 19.8. The van der Waals surface area contributed by atoms with E-state index in [0.717, 1.165) is 24.8 Å². The first-order chi connectivity index (χ1) is 12.0. The molecule has 1 saturated heterocycles. The molecule has 1 fully saturated rings. The molecule has 0 aromatic heterocycles. The molecule has 0 saturated carbocycles. The third-order valence-corrected chi connectivity index (χ3v) is 6.31. The summed E-state index contributed by atoms with van der Waals surface area (Å²) in [5, 5.41) is 1.35. The van der Waals surface area contributed by atoms with Crippen LogP contribution < -0.4 is 0 Å². The van der Waals surface area contributed by atoms with Crippen molar-refractivity contribution in [3.63, 3.8) is 0 Å². The van der Waals surface area contributed by atoms with Crippen LogP contribution in [0.15, 0.2) is 60.0 Å². The third kappa shape index (κ3) is 4.80. The Bertz CT molecular complexity index is 811. The van der Waals surface area contributed by atoms with Gasteiger partial charge in [-0.2, -0.15) is 4.31 Å². The second-order valence-corrected chi connectivity index (χ2v) is 8.54. The fraction of sp³-hybridized carbons (Fsp3) is 0.333. The summed E-state index contributed by atoms with van der Waals surface area (Å²) in [5.74, 6) is 0.270. The maximum absolute atomic E-state index is 12.8. The van der Waals surface area contributed by atoms with Gasteiger partial charge in [-0.25, -0.2) is 8.42 Å². The van der Waals surface area contributed by atoms with E-state index in [9.17, 15) is 8.42 Å². The molecule has 0 bridgehead atoms. The van der Waals surface area contributed by atoms with Crippen molar-refractivity contribution >= 4 is 16.1 Å². The quantitative estimate of drug-likeness (QED) is 0.806. The summed E-state index contributed by atoms with van der Waals surface area (Å²) < 4.78 is 27.2. The molecular weight excluding hydrogens is 330 g/mol. The van der Waals surface area contributed by atoms with E-state index >= 15 is 0 Å². The Balaban J connectivity index is 1.77. The van der Waals surface area contributed by atoms with Gasteiger partial charge in [0, 0.05) is 18.5 Å². The molecule has 3 nitrogen and oxygen atoms in total. The van der Waals surface area contributed by atoms with E-state index in [1.165, 1.54) is 16.5 Å². The molecular formula is C21H25NO2S. The predicted molar refractivity (Wildman–Crippen MR) is 104 cm³/mol. The van der Waals surface area contributed by atoms with Crippen molar-refractivity contribution in [1.82, 2.24) is 4.31 Å². The second-order valence-electron chi connectivity index (χ2n) is 6.72. The van der Waals surface area contributed by atoms with Gasteiger partial charge in [-0.3, -0.25) is 0 Å². The molecule has 2 aromatic carbocycles. The molecule has 1 heterocycles. The Kier molecular flexibility index (Phi) is 5.71. The van der Waals surface area contributed by atoms with Crippen LogP contribution in [0.3, 0.4) is 0 Å². The lowest BCUT2D eigenvalue weighted by atomic mass is 9.95. The SMILES string of the molecule is Cc1ccc(/C=C/S(=O)(=O)N2CCCCC(c3ccccc3)C2)cc1. The van der Waals surface area contributed by atoms with Crippen molar-refractivity contribution in [3.05, 3.63) is 76.7 Å². The minimum Gasteiger partial charge on any atom is -0.208 e. The van der Waals surface area contributed by atoms with Crippen molar-refractivity contribution in [2.24, 2.45) is 0 Å². The summed E-state index contributed by atoms with van der Waals surface area (Å²) in [6.45, 7) is 3.18. The maximum Gasteiger partial charge on any atom is 0.236 e. The minimum absolute atomic E-state index is 0.270. The van der Waals surface area contributed by atoms with Crippen LogP contribution in [0.1, 0.15) is 41.9 Å². The molecule has 132 valence electrons. The summed E-state index contributed by atoms with van der Waals surface area (Å²) in [7, 11) is -3.40. The van der Waals surface area contributed by atoms with Crippen LogP contribution in [0.2, 0.25) is 0 Å². The lowest BCUT2D eigenvalue weighted by Gasteiger charge is -2.22. The molecule has 0 amide bonds. The maximum atomic E-state index is 12.8. The van der Waals surface area contributed by atoms with Gasteiger partial charge >= 0.3 is 0 Å². The largest absolute Gasteiger partial charge is 0.236 e. The van der Waals surface area contributed by atoms with E-state index in [4.69, 9.17) is 0 Å². The summed E-state index contributed by atoms with van der Waals surface area (Å²) in [4.78, 5) is 0. The molecule has 25 heavy (non-hydrogen) atoms. The van der Waals surface area contributed by atoms with Crippen LogP contribution in [-0.4, -0.2) is 25.8 Å². The predicted octanol–water partition coefficient (Wildman–Crippen LogP) is 4.57. The van der Waals surface area contributed by atoms with Gasteiger partial charge in [0.2, 0.25) is 10.0 Å². The van der Waals surface area contributed by atoms with Crippen molar-refractivity contribution in [2.75, 3.05) is 13.1 Å². The standard InChI is InChI=1S/C21H25NO2S/c1-18-10-12-19(13-11-18)14-16-25(23,24)22-15-6-5-9-21(17-22)20-7-3-2-4-8-20/h2-4,7-8,10-14,16,21H,5-6,9,15,17H2,1H3/b16-14+. The second kappa shape index (κ2) is 7.98. The zero-order chi connectivity index (χ0) is 17.7. The van der Waals surface area contributed by atoms with E-state index in [-0.39, 0.29) is 5.92 Å². The van der Waals surface area contributed by atoms with E-state index in [0.29, 0.717) is 13.1 Å². The third-order valence-electron chi connectivity index (χ3n) is 4.77. The smallest absolute Gasteiger partial charge is 0.208 e. The van der Waals surface area contributed by atoms with Crippen LogP contribution in [-0.2, 0) is 10.0 Å². The van der Waals surface area contributed by atoms with Gasteiger partial charge in [-0.15, -0.1) is 0 Å². The Morgan fingerprint density at radius 2 is 1.72 bits per heavy atom. The van der Waals surface area contributed by atoms with Crippen molar-refractivity contribution < 1.29 is 8.42 Å². The molecule has 0 N–H and O–H groups in total. The topological polar surface area (TPSA) is 37.4 Å². The molecule has 0 radical (unpaired) electrons. The monoisotopic (exact) mass is 355 g/mol. The minimum atomic E-state index is -3.40. The highest BCUT2D eigenvalue weighted by Gasteiger charge is 2.26. The number of nitrogens with zero attached hydrogens (tertiary/aromatic N) is 1. The fourth-order valence-electron chi connectivity index (χ4n) is 3.26. The first kappa shape index (κ1) is 17.9. The average Bonchev–Trinajstić information content (AvgIpc) is 2.89. The Morgan fingerprint density at radius 3 is 2.44 bits per heavy atom.